The zero-order chi connectivity index (χ0) is 30.6. The minimum atomic E-state index is -3.39. The number of alkyl carbamates (subject to hydrolysis) is 2. The van der Waals surface area contributed by atoms with Crippen LogP contribution < -0.4 is 10.6 Å². The van der Waals surface area contributed by atoms with E-state index in [1.165, 1.54) is 0 Å². The number of nitrogens with zero attached hydrogens (tertiary/aromatic N) is 3. The lowest BCUT2D eigenvalue weighted by atomic mass is 10.1. The van der Waals surface area contributed by atoms with E-state index < -0.39 is 27.4 Å². The highest BCUT2D eigenvalue weighted by molar-refractivity contribution is 7.85. The van der Waals surface area contributed by atoms with Gasteiger partial charge in [0.05, 0.1) is 24.7 Å². The van der Waals surface area contributed by atoms with Crippen molar-refractivity contribution < 1.29 is 31.7 Å². The minimum absolute atomic E-state index is 0.110. The summed E-state index contributed by atoms with van der Waals surface area (Å²) in [5.74, 6) is 0.459. The normalized spacial score (nSPS) is 13.5. The number of hydrogen-bond donors (Lipinski definition) is 2. The van der Waals surface area contributed by atoms with Gasteiger partial charge in [0, 0.05) is 25.8 Å². The number of aromatic nitrogens is 3. The maximum atomic E-state index is 11.6. The summed E-state index contributed by atoms with van der Waals surface area (Å²) < 4.78 is 38.4. The molecule has 0 bridgehead atoms. The molecule has 0 aliphatic rings. The number of carbonyl (C=O) groups is 2. The fourth-order valence-corrected chi connectivity index (χ4v) is 3.58. The summed E-state index contributed by atoms with van der Waals surface area (Å²) in [7, 11) is -3.39. The average Bonchev–Trinajstić information content (AvgIpc) is 3.21. The first-order valence-corrected chi connectivity index (χ1v) is 15.2. The van der Waals surface area contributed by atoms with Crippen molar-refractivity contribution in [1.82, 2.24) is 25.2 Å². The monoisotopic (exact) mass is 585 g/mol. The summed E-state index contributed by atoms with van der Waals surface area (Å²) in [4.78, 5) is 31.4. The van der Waals surface area contributed by atoms with Gasteiger partial charge >= 0.3 is 12.2 Å². The van der Waals surface area contributed by atoms with E-state index in [9.17, 15) is 18.0 Å². The van der Waals surface area contributed by atoms with E-state index in [-0.39, 0.29) is 18.6 Å². The molecule has 2 unspecified atom stereocenters. The van der Waals surface area contributed by atoms with Crippen LogP contribution in [-0.4, -0.2) is 72.3 Å². The van der Waals surface area contributed by atoms with Crippen LogP contribution in [0.1, 0.15) is 68.2 Å². The fraction of sp³-hybridized carbons (Fsp3) is 0.704. The van der Waals surface area contributed by atoms with Gasteiger partial charge < -0.3 is 24.7 Å². The molecule has 0 radical (unpaired) electrons. The molecule has 2 amide bonds. The molecule has 0 aromatic carbocycles. The number of fused-ring (bicyclic) bond motifs is 1. The standard InChI is InChI=1S/C16H24N4O2.C11H23NO5S/c1-12(10-18-15(21)22-16(2,3)4)7-9-20-11-19-14-13(20)6-5-8-17-14;1-9(6-7-16-18(5,14)15)8-12-10(13)17-11(2,3)4/h5-6,8,11-12H,7,9-10H2,1-4H3,(H,18,21);9H,6-8H2,1-5H3,(H,12,13). The third-order valence-electron chi connectivity index (χ3n) is 5.15. The number of pyridine rings is 1. The van der Waals surface area contributed by atoms with Crippen molar-refractivity contribution in [1.29, 1.82) is 0 Å². The zero-order valence-corrected chi connectivity index (χ0v) is 26.1. The van der Waals surface area contributed by atoms with Crippen LogP contribution in [0.4, 0.5) is 9.59 Å². The third-order valence-corrected chi connectivity index (χ3v) is 5.75. The van der Waals surface area contributed by atoms with Crippen LogP contribution in [0.5, 0.6) is 0 Å². The zero-order valence-electron chi connectivity index (χ0n) is 25.3. The van der Waals surface area contributed by atoms with Crippen LogP contribution >= 0.6 is 0 Å². The smallest absolute Gasteiger partial charge is 0.407 e. The topological polar surface area (TPSA) is 151 Å². The molecule has 228 valence electrons. The first-order valence-electron chi connectivity index (χ1n) is 13.4. The van der Waals surface area contributed by atoms with E-state index in [0.29, 0.717) is 25.4 Å². The van der Waals surface area contributed by atoms with Gasteiger partial charge in [-0.15, -0.1) is 0 Å². The van der Waals surface area contributed by atoms with Gasteiger partial charge in [0.25, 0.3) is 10.1 Å². The van der Waals surface area contributed by atoms with Crippen molar-refractivity contribution in [3.8, 4) is 0 Å². The van der Waals surface area contributed by atoms with Crippen LogP contribution in [-0.2, 0) is 30.3 Å². The van der Waals surface area contributed by atoms with E-state index in [0.717, 1.165) is 30.4 Å². The molecular formula is C27H47N5O7S. The number of carbonyl (C=O) groups excluding carboxylic acids is 2. The molecule has 2 rings (SSSR count). The van der Waals surface area contributed by atoms with Crippen molar-refractivity contribution in [2.24, 2.45) is 11.8 Å². The molecule has 2 heterocycles. The number of hydrogen-bond acceptors (Lipinski definition) is 9. The summed E-state index contributed by atoms with van der Waals surface area (Å²) in [6.45, 7) is 16.9. The van der Waals surface area contributed by atoms with E-state index in [1.807, 2.05) is 46.2 Å². The van der Waals surface area contributed by atoms with Gasteiger partial charge in [0.1, 0.15) is 11.2 Å². The molecule has 2 N–H and O–H groups in total. The molecule has 0 saturated carbocycles. The van der Waals surface area contributed by atoms with Gasteiger partial charge in [-0.3, -0.25) is 4.18 Å². The number of imidazole rings is 1. The van der Waals surface area contributed by atoms with Crippen LogP contribution in [0.2, 0.25) is 0 Å². The van der Waals surface area contributed by atoms with Crippen molar-refractivity contribution in [2.45, 2.75) is 86.0 Å². The van der Waals surface area contributed by atoms with Crippen LogP contribution in [0.3, 0.4) is 0 Å². The number of amides is 2. The second-order valence-corrected chi connectivity index (χ2v) is 13.5. The first kappa shape index (κ1) is 35.1. The molecule has 0 spiro atoms. The lowest BCUT2D eigenvalue weighted by Crippen LogP contribution is -2.35. The van der Waals surface area contributed by atoms with Gasteiger partial charge in [-0.05, 0) is 78.4 Å². The quantitative estimate of drug-likeness (QED) is 0.363. The Bertz CT molecular complexity index is 1170. The van der Waals surface area contributed by atoms with E-state index in [4.69, 9.17) is 9.47 Å². The predicted octanol–water partition coefficient (Wildman–Crippen LogP) is 4.50. The Balaban J connectivity index is 0.000000410. The summed E-state index contributed by atoms with van der Waals surface area (Å²) in [5, 5.41) is 5.43. The molecule has 0 aliphatic heterocycles. The molecular weight excluding hydrogens is 538 g/mol. The van der Waals surface area contributed by atoms with Crippen molar-refractivity contribution in [3.05, 3.63) is 24.7 Å². The average molecular weight is 586 g/mol. The Morgan fingerprint density at radius 2 is 1.45 bits per heavy atom. The first-order chi connectivity index (χ1) is 18.3. The van der Waals surface area contributed by atoms with Gasteiger partial charge in [-0.25, -0.2) is 19.6 Å². The molecule has 40 heavy (non-hydrogen) atoms. The maximum Gasteiger partial charge on any atom is 0.407 e. The van der Waals surface area contributed by atoms with Crippen molar-refractivity contribution in [3.63, 3.8) is 0 Å². The third kappa shape index (κ3) is 16.9. The number of ether oxygens (including phenoxy) is 2. The van der Waals surface area contributed by atoms with Gasteiger partial charge in [-0.2, -0.15) is 8.42 Å². The Morgan fingerprint density at radius 1 is 0.925 bits per heavy atom. The number of nitrogens with one attached hydrogen (secondary N) is 2. The molecule has 2 aromatic rings. The van der Waals surface area contributed by atoms with Crippen LogP contribution in [0.25, 0.3) is 11.2 Å². The Morgan fingerprint density at radius 3 is 1.95 bits per heavy atom. The highest BCUT2D eigenvalue weighted by Crippen LogP contribution is 2.12. The summed E-state index contributed by atoms with van der Waals surface area (Å²) in [5.41, 5.74) is 0.819. The molecule has 0 saturated heterocycles. The maximum absolute atomic E-state index is 11.6. The molecule has 0 aliphatic carbocycles. The van der Waals surface area contributed by atoms with Crippen LogP contribution in [0, 0.1) is 11.8 Å². The Labute approximate surface area is 238 Å². The second kappa shape index (κ2) is 15.8. The van der Waals surface area contributed by atoms with Crippen molar-refractivity contribution in [2.75, 3.05) is 26.0 Å². The number of rotatable bonds is 11. The summed E-state index contributed by atoms with van der Waals surface area (Å²) >= 11 is 0. The van der Waals surface area contributed by atoms with Crippen LogP contribution in [0.15, 0.2) is 24.7 Å². The molecule has 12 nitrogen and oxygen atoms in total. The summed E-state index contributed by atoms with van der Waals surface area (Å²) in [6, 6.07) is 3.92. The highest BCUT2D eigenvalue weighted by atomic mass is 32.2. The molecule has 2 aromatic heterocycles. The highest BCUT2D eigenvalue weighted by Gasteiger charge is 2.17. The lowest BCUT2D eigenvalue weighted by Gasteiger charge is -2.20. The van der Waals surface area contributed by atoms with E-state index >= 15 is 0 Å². The largest absolute Gasteiger partial charge is 0.444 e. The van der Waals surface area contributed by atoms with Gasteiger partial charge in [0.2, 0.25) is 0 Å². The molecule has 0 fully saturated rings. The second-order valence-electron chi connectivity index (χ2n) is 11.9. The predicted molar refractivity (Wildman–Crippen MR) is 154 cm³/mol. The van der Waals surface area contributed by atoms with Crippen molar-refractivity contribution >= 4 is 33.5 Å². The molecule has 2 atom stereocenters. The molecule has 13 heteroatoms. The Kier molecular flexibility index (Phi) is 13.8. The summed E-state index contributed by atoms with van der Waals surface area (Å²) in [6.07, 6.45) is 5.21. The Hall–Kier alpha value is -2.93. The SMILES string of the molecule is CC(CCOS(C)(=O)=O)CNC(=O)OC(C)(C)C.CC(CCn1cnc2ncccc21)CNC(=O)OC(C)(C)C. The van der Waals surface area contributed by atoms with E-state index in [2.05, 4.69) is 36.3 Å². The van der Waals surface area contributed by atoms with E-state index in [1.54, 1.807) is 27.0 Å². The minimum Gasteiger partial charge on any atom is -0.444 e. The van der Waals surface area contributed by atoms with Gasteiger partial charge in [-0.1, -0.05) is 13.8 Å². The van der Waals surface area contributed by atoms with Gasteiger partial charge in [0.15, 0.2) is 5.65 Å². The lowest BCUT2D eigenvalue weighted by molar-refractivity contribution is 0.0507. The fourth-order valence-electron chi connectivity index (χ4n) is 3.18. The number of aryl methyl sites for hydroxylation is 1.